The predicted octanol–water partition coefficient (Wildman–Crippen LogP) is 5.02. The van der Waals surface area contributed by atoms with Crippen molar-refractivity contribution in [2.24, 2.45) is 0 Å². The molecule has 0 atom stereocenters. The molecule has 1 amide bonds. The Kier molecular flexibility index (Phi) is 7.36. The average Bonchev–Trinajstić information content (AvgIpc) is 3.34. The summed E-state index contributed by atoms with van der Waals surface area (Å²) in [6, 6.07) is 11.2. The van der Waals surface area contributed by atoms with Crippen LogP contribution in [0.25, 0.3) is 11.3 Å². The minimum absolute atomic E-state index is 0.00714. The lowest BCUT2D eigenvalue weighted by molar-refractivity contribution is -0.127. The van der Waals surface area contributed by atoms with Crippen molar-refractivity contribution in [1.82, 2.24) is 15.1 Å². The molecule has 0 aliphatic carbocycles. The number of halogens is 1. The Labute approximate surface area is 177 Å². The number of hydrogen-bond donors (Lipinski definition) is 1. The third-order valence-electron chi connectivity index (χ3n) is 3.86. The van der Waals surface area contributed by atoms with Crippen LogP contribution in [0.15, 0.2) is 45.2 Å². The van der Waals surface area contributed by atoms with Crippen molar-refractivity contribution in [2.45, 2.75) is 24.2 Å². The predicted molar refractivity (Wildman–Crippen MR) is 115 cm³/mol. The van der Waals surface area contributed by atoms with Crippen LogP contribution < -0.4 is 5.32 Å². The van der Waals surface area contributed by atoms with Crippen molar-refractivity contribution < 1.29 is 9.21 Å². The van der Waals surface area contributed by atoms with E-state index >= 15 is 0 Å². The van der Waals surface area contributed by atoms with Crippen molar-refractivity contribution in [3.63, 3.8) is 0 Å². The number of anilines is 1. The first kappa shape index (κ1) is 20.7. The van der Waals surface area contributed by atoms with E-state index in [4.69, 9.17) is 16.0 Å². The Morgan fingerprint density at radius 1 is 1.25 bits per heavy atom. The van der Waals surface area contributed by atoms with Gasteiger partial charge in [0.2, 0.25) is 11.0 Å². The van der Waals surface area contributed by atoms with Gasteiger partial charge < -0.3 is 14.6 Å². The van der Waals surface area contributed by atoms with E-state index in [-0.39, 0.29) is 5.91 Å². The van der Waals surface area contributed by atoms with E-state index in [1.165, 1.54) is 23.1 Å². The summed E-state index contributed by atoms with van der Waals surface area (Å²) in [5, 5.41) is 12.8. The van der Waals surface area contributed by atoms with Crippen LogP contribution in [0, 0.1) is 0 Å². The molecule has 0 radical (unpaired) electrons. The molecule has 6 nitrogen and oxygen atoms in total. The van der Waals surface area contributed by atoms with Crippen LogP contribution in [-0.2, 0) is 11.3 Å². The molecule has 0 spiro atoms. The van der Waals surface area contributed by atoms with Gasteiger partial charge in [-0.15, -0.1) is 10.2 Å². The van der Waals surface area contributed by atoms with Crippen molar-refractivity contribution >= 4 is 45.7 Å². The second-order valence-corrected chi connectivity index (χ2v) is 8.75. The van der Waals surface area contributed by atoms with Crippen LogP contribution in [0.3, 0.4) is 0 Å². The fourth-order valence-electron chi connectivity index (χ4n) is 2.36. The number of nitrogens with one attached hydrogen (secondary N) is 1. The first-order valence-corrected chi connectivity index (χ1v) is 11.0. The van der Waals surface area contributed by atoms with E-state index in [1.54, 1.807) is 11.9 Å². The summed E-state index contributed by atoms with van der Waals surface area (Å²) in [5.74, 6) is 1.80. The average molecular weight is 437 g/mol. The van der Waals surface area contributed by atoms with E-state index < -0.39 is 0 Å². The molecular weight excluding hydrogens is 416 g/mol. The third-order valence-corrected chi connectivity index (χ3v) is 6.11. The van der Waals surface area contributed by atoms with Gasteiger partial charge in [-0.2, -0.15) is 0 Å². The number of nitrogens with zero attached hydrogens (tertiary/aromatic N) is 3. The van der Waals surface area contributed by atoms with Crippen LogP contribution in [-0.4, -0.2) is 40.3 Å². The molecule has 148 valence electrons. The van der Waals surface area contributed by atoms with Gasteiger partial charge >= 0.3 is 0 Å². The minimum atomic E-state index is 0.00714. The summed E-state index contributed by atoms with van der Waals surface area (Å²) in [7, 11) is 1.77. The fourth-order valence-corrected chi connectivity index (χ4v) is 4.20. The van der Waals surface area contributed by atoms with E-state index in [9.17, 15) is 4.79 Å². The lowest BCUT2D eigenvalue weighted by Gasteiger charge is -2.14. The highest BCUT2D eigenvalue weighted by atomic mass is 35.5. The number of aromatic nitrogens is 2. The van der Waals surface area contributed by atoms with Gasteiger partial charge in [-0.05, 0) is 42.8 Å². The Balaban J connectivity index is 1.50. The Bertz CT molecular complexity index is 911. The first-order chi connectivity index (χ1) is 13.5. The third kappa shape index (κ3) is 5.73. The lowest BCUT2D eigenvalue weighted by Crippen LogP contribution is -2.27. The molecule has 1 N–H and O–H groups in total. The highest BCUT2D eigenvalue weighted by Crippen LogP contribution is 2.26. The number of rotatable bonds is 9. The molecule has 3 aromatic rings. The monoisotopic (exact) mass is 436 g/mol. The molecule has 2 aromatic heterocycles. The maximum Gasteiger partial charge on any atom is 0.233 e. The molecule has 0 aliphatic rings. The summed E-state index contributed by atoms with van der Waals surface area (Å²) < 4.78 is 6.64. The van der Waals surface area contributed by atoms with Gasteiger partial charge in [-0.25, -0.2) is 0 Å². The number of benzene rings is 1. The minimum Gasteiger partial charge on any atom is -0.459 e. The molecule has 28 heavy (non-hydrogen) atoms. The molecule has 0 bridgehead atoms. The maximum absolute atomic E-state index is 12.4. The summed E-state index contributed by atoms with van der Waals surface area (Å²) in [6.07, 6.45) is 1.03. The van der Waals surface area contributed by atoms with Crippen molar-refractivity contribution in [3.05, 3.63) is 47.2 Å². The summed E-state index contributed by atoms with van der Waals surface area (Å²) >= 11 is 8.78. The summed E-state index contributed by atoms with van der Waals surface area (Å²) in [4.78, 5) is 14.1. The van der Waals surface area contributed by atoms with Crippen molar-refractivity contribution in [2.75, 3.05) is 24.7 Å². The Morgan fingerprint density at radius 2 is 2.04 bits per heavy atom. The van der Waals surface area contributed by atoms with Gasteiger partial charge in [-0.3, -0.25) is 4.79 Å². The van der Waals surface area contributed by atoms with Crippen LogP contribution in [0.5, 0.6) is 0 Å². The quantitative estimate of drug-likeness (QED) is 0.474. The molecule has 9 heteroatoms. The largest absolute Gasteiger partial charge is 0.459 e. The van der Waals surface area contributed by atoms with E-state index in [0.29, 0.717) is 17.3 Å². The van der Waals surface area contributed by atoms with Gasteiger partial charge in [0, 0.05) is 24.2 Å². The standard InChI is InChI=1S/C19H21ClN4O2S2/c1-3-10-21-18-22-23-19(28-18)27-12-17(25)24(2)11-15-8-9-16(26-15)13-4-6-14(20)7-5-13/h4-9H,3,10-12H2,1-2H3,(H,21,22). The molecule has 0 fully saturated rings. The Morgan fingerprint density at radius 3 is 2.79 bits per heavy atom. The zero-order valence-corrected chi connectivity index (χ0v) is 18.0. The smallest absolute Gasteiger partial charge is 0.233 e. The molecule has 0 unspecified atom stereocenters. The van der Waals surface area contributed by atoms with Gasteiger partial charge in [-0.1, -0.05) is 41.6 Å². The summed E-state index contributed by atoms with van der Waals surface area (Å²) in [5.41, 5.74) is 0.948. The number of amides is 1. The first-order valence-electron chi connectivity index (χ1n) is 8.84. The molecule has 0 saturated heterocycles. The number of furan rings is 1. The molecular formula is C19H21ClN4O2S2. The Hall–Kier alpha value is -2.03. The number of hydrogen-bond acceptors (Lipinski definition) is 7. The molecule has 2 heterocycles. The SMILES string of the molecule is CCCNc1nnc(SCC(=O)N(C)Cc2ccc(-c3ccc(Cl)cc3)o2)s1. The fraction of sp³-hybridized carbons (Fsp3) is 0.316. The highest BCUT2D eigenvalue weighted by Gasteiger charge is 2.14. The lowest BCUT2D eigenvalue weighted by atomic mass is 10.2. The van der Waals surface area contributed by atoms with Gasteiger partial charge in [0.15, 0.2) is 4.34 Å². The second kappa shape index (κ2) is 9.95. The van der Waals surface area contributed by atoms with Gasteiger partial charge in [0.05, 0.1) is 12.3 Å². The van der Waals surface area contributed by atoms with E-state index in [1.807, 2.05) is 36.4 Å². The van der Waals surface area contributed by atoms with Crippen molar-refractivity contribution in [1.29, 1.82) is 0 Å². The van der Waals surface area contributed by atoms with E-state index in [0.717, 1.165) is 39.5 Å². The van der Waals surface area contributed by atoms with Crippen LogP contribution in [0.2, 0.25) is 5.02 Å². The maximum atomic E-state index is 12.4. The number of carbonyl (C=O) groups excluding carboxylic acids is 1. The van der Waals surface area contributed by atoms with Crippen LogP contribution in [0.1, 0.15) is 19.1 Å². The molecule has 3 rings (SSSR count). The van der Waals surface area contributed by atoms with E-state index in [2.05, 4.69) is 22.4 Å². The van der Waals surface area contributed by atoms with Crippen molar-refractivity contribution in [3.8, 4) is 11.3 Å². The summed E-state index contributed by atoms with van der Waals surface area (Å²) in [6.45, 7) is 3.37. The molecule has 0 saturated carbocycles. The van der Waals surface area contributed by atoms with Crippen LogP contribution >= 0.6 is 34.7 Å². The molecule has 1 aromatic carbocycles. The number of carbonyl (C=O) groups is 1. The normalized spacial score (nSPS) is 10.8. The zero-order chi connectivity index (χ0) is 19.9. The molecule has 0 aliphatic heterocycles. The van der Waals surface area contributed by atoms with Crippen LogP contribution in [0.4, 0.5) is 5.13 Å². The van der Waals surface area contributed by atoms with Gasteiger partial charge in [0.25, 0.3) is 0 Å². The number of thioether (sulfide) groups is 1. The highest BCUT2D eigenvalue weighted by molar-refractivity contribution is 8.01. The topological polar surface area (TPSA) is 71.3 Å². The zero-order valence-electron chi connectivity index (χ0n) is 15.6. The second-order valence-electron chi connectivity index (χ2n) is 6.11. The van der Waals surface area contributed by atoms with Gasteiger partial charge in [0.1, 0.15) is 11.5 Å².